The summed E-state index contributed by atoms with van der Waals surface area (Å²) < 4.78 is 5.18. The molecule has 68 valence electrons. The molecular formula is C10H11NOS. The van der Waals surface area contributed by atoms with E-state index in [4.69, 9.17) is 4.74 Å². The summed E-state index contributed by atoms with van der Waals surface area (Å²) in [6, 6.07) is 5.71. The van der Waals surface area contributed by atoms with Gasteiger partial charge >= 0.3 is 0 Å². The lowest BCUT2D eigenvalue weighted by atomic mass is 10.1. The average Bonchev–Trinajstić information content (AvgIpc) is 2.18. The molecule has 0 fully saturated rings. The Hall–Kier alpha value is -1.18. The van der Waals surface area contributed by atoms with Crippen molar-refractivity contribution in [1.29, 1.82) is 0 Å². The number of methoxy groups -OCH3 is 1. The fourth-order valence-corrected chi connectivity index (χ4v) is 1.27. The van der Waals surface area contributed by atoms with Crippen LogP contribution in [0.2, 0.25) is 0 Å². The van der Waals surface area contributed by atoms with E-state index in [1.165, 1.54) is 0 Å². The molecule has 0 radical (unpaired) electrons. The molecule has 0 atom stereocenters. The van der Waals surface area contributed by atoms with E-state index in [-0.39, 0.29) is 0 Å². The maximum Gasteiger partial charge on any atom is 0.122 e. The second kappa shape index (κ2) is 4.75. The Balaban J connectivity index is 3.12. The van der Waals surface area contributed by atoms with Crippen LogP contribution in [0.4, 0.5) is 5.69 Å². The van der Waals surface area contributed by atoms with Crippen LogP contribution in [0, 0.1) is 0 Å². The van der Waals surface area contributed by atoms with Gasteiger partial charge in [0.25, 0.3) is 0 Å². The summed E-state index contributed by atoms with van der Waals surface area (Å²) in [5.41, 5.74) is 1.96. The Morgan fingerprint density at radius 3 is 2.85 bits per heavy atom. The molecule has 0 unspecified atom stereocenters. The molecule has 0 bridgehead atoms. The topological polar surface area (TPSA) is 21.6 Å². The molecule has 0 N–H and O–H groups in total. The lowest BCUT2D eigenvalue weighted by Crippen LogP contribution is -1.89. The van der Waals surface area contributed by atoms with E-state index < -0.39 is 0 Å². The van der Waals surface area contributed by atoms with Crippen LogP contribution in [-0.2, 0) is 6.42 Å². The zero-order valence-corrected chi connectivity index (χ0v) is 8.52. The van der Waals surface area contributed by atoms with Crippen molar-refractivity contribution < 1.29 is 4.74 Å². The van der Waals surface area contributed by atoms with Crippen molar-refractivity contribution in [1.82, 2.24) is 0 Å². The van der Waals surface area contributed by atoms with Gasteiger partial charge in [0, 0.05) is 0 Å². The van der Waals surface area contributed by atoms with Crippen LogP contribution in [0.25, 0.3) is 0 Å². The van der Waals surface area contributed by atoms with Gasteiger partial charge in [0.15, 0.2) is 0 Å². The minimum absolute atomic E-state index is 0.827. The molecule has 0 amide bonds. The molecule has 1 aromatic carbocycles. The lowest BCUT2D eigenvalue weighted by molar-refractivity contribution is 0.410. The molecule has 1 aromatic rings. The van der Waals surface area contributed by atoms with E-state index in [2.05, 4.69) is 29.3 Å². The van der Waals surface area contributed by atoms with Crippen LogP contribution in [0.15, 0.2) is 23.2 Å². The predicted molar refractivity (Wildman–Crippen MR) is 57.1 cm³/mol. The molecular weight excluding hydrogens is 182 g/mol. The summed E-state index contributed by atoms with van der Waals surface area (Å²) >= 11 is 4.53. The number of hydrogen-bond acceptors (Lipinski definition) is 3. The molecule has 2 nitrogen and oxygen atoms in total. The Bertz CT molecular complexity index is 343. The maximum atomic E-state index is 5.18. The molecule has 3 heteroatoms. The van der Waals surface area contributed by atoms with Gasteiger partial charge in [0.05, 0.1) is 18.0 Å². The van der Waals surface area contributed by atoms with Crippen molar-refractivity contribution in [3.05, 3.63) is 23.8 Å². The highest BCUT2D eigenvalue weighted by Gasteiger charge is 2.00. The fourth-order valence-electron chi connectivity index (χ4n) is 1.16. The number of benzene rings is 1. The number of hydrogen-bond donors (Lipinski definition) is 0. The van der Waals surface area contributed by atoms with Crippen LogP contribution in [-0.4, -0.2) is 12.3 Å². The first-order chi connectivity index (χ1) is 6.31. The molecule has 13 heavy (non-hydrogen) atoms. The molecule has 0 saturated carbocycles. The second-order valence-corrected chi connectivity index (χ2v) is 2.74. The third-order valence-corrected chi connectivity index (χ3v) is 1.91. The first-order valence-corrected chi connectivity index (χ1v) is 4.47. The quantitative estimate of drug-likeness (QED) is 0.543. The van der Waals surface area contributed by atoms with Gasteiger partial charge in [-0.25, -0.2) is 0 Å². The summed E-state index contributed by atoms with van der Waals surface area (Å²) in [5, 5.41) is 2.34. The van der Waals surface area contributed by atoms with Gasteiger partial charge in [0.1, 0.15) is 5.75 Å². The summed E-state index contributed by atoms with van der Waals surface area (Å²) in [5.74, 6) is 0.894. The number of rotatable bonds is 3. The van der Waals surface area contributed by atoms with Gasteiger partial charge < -0.3 is 4.74 Å². The van der Waals surface area contributed by atoms with E-state index in [9.17, 15) is 0 Å². The average molecular weight is 193 g/mol. The third-order valence-electron chi connectivity index (χ3n) is 1.82. The second-order valence-electron chi connectivity index (χ2n) is 2.55. The minimum atomic E-state index is 0.827. The zero-order valence-electron chi connectivity index (χ0n) is 7.70. The van der Waals surface area contributed by atoms with Crippen LogP contribution in [0.3, 0.4) is 0 Å². The molecule has 0 aliphatic heterocycles. The summed E-state index contributed by atoms with van der Waals surface area (Å²) in [4.78, 5) is 3.90. The van der Waals surface area contributed by atoms with Crippen molar-refractivity contribution in [3.63, 3.8) is 0 Å². The van der Waals surface area contributed by atoms with Gasteiger partial charge in [-0.3, -0.25) is 0 Å². The molecule has 0 aliphatic carbocycles. The van der Waals surface area contributed by atoms with E-state index in [0.29, 0.717) is 0 Å². The normalized spacial score (nSPS) is 9.08. The van der Waals surface area contributed by atoms with Crippen molar-refractivity contribution in [2.24, 2.45) is 4.99 Å². The summed E-state index contributed by atoms with van der Waals surface area (Å²) in [6.45, 7) is 2.07. The molecule has 1 rings (SSSR count). The van der Waals surface area contributed by atoms with Gasteiger partial charge in [-0.1, -0.05) is 6.92 Å². The number of aryl methyl sites for hydroxylation is 1. The van der Waals surface area contributed by atoms with Crippen molar-refractivity contribution in [2.45, 2.75) is 13.3 Å². The van der Waals surface area contributed by atoms with Crippen molar-refractivity contribution in [3.8, 4) is 5.75 Å². The third kappa shape index (κ3) is 2.38. The Labute approximate surface area is 83.3 Å². The first kappa shape index (κ1) is 9.90. The van der Waals surface area contributed by atoms with Crippen LogP contribution < -0.4 is 4.74 Å². The zero-order chi connectivity index (χ0) is 9.68. The lowest BCUT2D eigenvalue weighted by Gasteiger charge is -2.05. The Morgan fingerprint density at radius 2 is 2.31 bits per heavy atom. The highest BCUT2D eigenvalue weighted by molar-refractivity contribution is 7.78. The predicted octanol–water partition coefficient (Wildman–Crippen LogP) is 2.99. The fraction of sp³-hybridized carbons (Fsp3) is 0.300. The van der Waals surface area contributed by atoms with Gasteiger partial charge in [-0.2, -0.15) is 4.99 Å². The van der Waals surface area contributed by atoms with Crippen LogP contribution in [0.1, 0.15) is 12.5 Å². The monoisotopic (exact) mass is 193 g/mol. The van der Waals surface area contributed by atoms with E-state index in [1.807, 2.05) is 18.2 Å². The maximum absolute atomic E-state index is 5.18. The molecule has 0 aliphatic rings. The van der Waals surface area contributed by atoms with E-state index in [1.54, 1.807) is 7.11 Å². The summed E-state index contributed by atoms with van der Waals surface area (Å²) in [7, 11) is 1.66. The smallest absolute Gasteiger partial charge is 0.122 e. The van der Waals surface area contributed by atoms with E-state index >= 15 is 0 Å². The standard InChI is InChI=1S/C10H11NOS/c1-3-8-6-9(11-7-13)4-5-10(8)12-2/h4-6H,3H2,1-2H3. The molecule has 0 heterocycles. The van der Waals surface area contributed by atoms with Gasteiger partial charge in [-0.05, 0) is 42.4 Å². The van der Waals surface area contributed by atoms with Gasteiger partial charge in [0.2, 0.25) is 0 Å². The van der Waals surface area contributed by atoms with Crippen LogP contribution in [0.5, 0.6) is 5.75 Å². The van der Waals surface area contributed by atoms with Crippen molar-refractivity contribution in [2.75, 3.05) is 7.11 Å². The minimum Gasteiger partial charge on any atom is -0.496 e. The largest absolute Gasteiger partial charge is 0.496 e. The Morgan fingerprint density at radius 1 is 1.54 bits per heavy atom. The highest BCUT2D eigenvalue weighted by Crippen LogP contribution is 2.24. The number of thiocarbonyl (C=S) groups is 1. The molecule has 0 spiro atoms. The number of aliphatic imine (C=N–C) groups is 1. The Kier molecular flexibility index (Phi) is 3.62. The first-order valence-electron chi connectivity index (χ1n) is 4.06. The number of nitrogens with zero attached hydrogens (tertiary/aromatic N) is 1. The van der Waals surface area contributed by atoms with E-state index in [0.717, 1.165) is 23.4 Å². The SMILES string of the molecule is CCc1cc(N=C=S)ccc1OC. The number of isothiocyanates is 1. The van der Waals surface area contributed by atoms with Gasteiger partial charge in [-0.15, -0.1) is 0 Å². The number of ether oxygens (including phenoxy) is 1. The summed E-state index contributed by atoms with van der Waals surface area (Å²) in [6.07, 6.45) is 0.921. The molecule has 0 saturated heterocycles. The highest BCUT2D eigenvalue weighted by atomic mass is 32.1. The van der Waals surface area contributed by atoms with Crippen LogP contribution >= 0.6 is 12.2 Å². The molecule has 0 aromatic heterocycles. The van der Waals surface area contributed by atoms with Crippen molar-refractivity contribution >= 4 is 23.1 Å².